The Kier molecular flexibility index (Phi) is 3.85. The average Bonchev–Trinajstić information content (AvgIpc) is 2.38. The first kappa shape index (κ1) is 13.1. The van der Waals surface area contributed by atoms with Crippen LogP contribution in [0.25, 0.3) is 0 Å². The lowest BCUT2D eigenvalue weighted by Gasteiger charge is -2.08. The number of hydrogen-bond acceptors (Lipinski definition) is 3. The van der Waals surface area contributed by atoms with Crippen LogP contribution in [-0.2, 0) is 0 Å². The zero-order valence-electron chi connectivity index (χ0n) is 10.1. The summed E-state index contributed by atoms with van der Waals surface area (Å²) in [5, 5.41) is 0. The van der Waals surface area contributed by atoms with Gasteiger partial charge in [0.1, 0.15) is 5.75 Å². The molecule has 0 spiro atoms. The van der Waals surface area contributed by atoms with Gasteiger partial charge in [-0.15, -0.1) is 0 Å². The number of pyridine rings is 1. The Morgan fingerprint density at radius 3 is 2.47 bits per heavy atom. The normalized spacial score (nSPS) is 10.5. The second kappa shape index (κ2) is 5.56. The summed E-state index contributed by atoms with van der Waals surface area (Å²) in [5.74, 6) is -0.137. The molecule has 0 saturated carbocycles. The van der Waals surface area contributed by atoms with Crippen molar-refractivity contribution >= 4 is 5.78 Å². The summed E-state index contributed by atoms with van der Waals surface area (Å²) < 4.78 is 28.4. The molecule has 98 valence electrons. The molecular formula is C14H11F2NO2. The summed E-state index contributed by atoms with van der Waals surface area (Å²) in [4.78, 5) is 16.0. The summed E-state index contributed by atoms with van der Waals surface area (Å²) >= 11 is 0. The molecule has 0 amide bonds. The maximum absolute atomic E-state index is 12.2. The fourth-order valence-electron chi connectivity index (χ4n) is 1.73. The van der Waals surface area contributed by atoms with Crippen LogP contribution >= 0.6 is 0 Å². The molecule has 0 aliphatic carbocycles. The lowest BCUT2D eigenvalue weighted by molar-refractivity contribution is -0.0498. The SMILES string of the molecule is Cc1cc(OC(F)F)ccc1C(=O)c1ccncc1. The summed E-state index contributed by atoms with van der Waals surface area (Å²) in [6, 6.07) is 7.46. The van der Waals surface area contributed by atoms with Crippen LogP contribution in [0.1, 0.15) is 21.5 Å². The van der Waals surface area contributed by atoms with E-state index in [0.717, 1.165) is 0 Å². The molecule has 0 fully saturated rings. The predicted octanol–water partition coefficient (Wildman–Crippen LogP) is 3.22. The third-order valence-electron chi connectivity index (χ3n) is 2.61. The lowest BCUT2D eigenvalue weighted by atomic mass is 10.00. The highest BCUT2D eigenvalue weighted by atomic mass is 19.3. The molecule has 3 nitrogen and oxygen atoms in total. The van der Waals surface area contributed by atoms with Crippen molar-refractivity contribution in [1.82, 2.24) is 4.98 Å². The van der Waals surface area contributed by atoms with Crippen molar-refractivity contribution in [2.45, 2.75) is 13.5 Å². The fourth-order valence-corrected chi connectivity index (χ4v) is 1.73. The molecule has 0 unspecified atom stereocenters. The topological polar surface area (TPSA) is 39.2 Å². The van der Waals surface area contributed by atoms with Crippen LogP contribution in [0.4, 0.5) is 8.78 Å². The number of alkyl halides is 2. The number of carbonyl (C=O) groups excluding carboxylic acids is 1. The second-order valence-electron chi connectivity index (χ2n) is 3.92. The van der Waals surface area contributed by atoms with Gasteiger partial charge in [-0.2, -0.15) is 8.78 Å². The molecule has 0 atom stereocenters. The number of aromatic nitrogens is 1. The number of benzene rings is 1. The maximum Gasteiger partial charge on any atom is 0.387 e. The maximum atomic E-state index is 12.2. The number of rotatable bonds is 4. The van der Waals surface area contributed by atoms with Gasteiger partial charge in [0.05, 0.1) is 0 Å². The molecule has 5 heteroatoms. The van der Waals surface area contributed by atoms with Crippen molar-refractivity contribution in [3.8, 4) is 5.75 Å². The Hall–Kier alpha value is -2.30. The van der Waals surface area contributed by atoms with Crippen LogP contribution < -0.4 is 4.74 Å². The summed E-state index contributed by atoms with van der Waals surface area (Å²) in [5.41, 5.74) is 1.54. The van der Waals surface area contributed by atoms with E-state index in [1.54, 1.807) is 19.1 Å². The van der Waals surface area contributed by atoms with E-state index in [0.29, 0.717) is 16.7 Å². The minimum atomic E-state index is -2.87. The smallest absolute Gasteiger partial charge is 0.387 e. The molecular weight excluding hydrogens is 252 g/mol. The van der Waals surface area contributed by atoms with E-state index < -0.39 is 6.61 Å². The second-order valence-corrected chi connectivity index (χ2v) is 3.92. The Morgan fingerprint density at radius 1 is 1.21 bits per heavy atom. The predicted molar refractivity (Wildman–Crippen MR) is 65.5 cm³/mol. The van der Waals surface area contributed by atoms with Gasteiger partial charge in [0.15, 0.2) is 5.78 Å². The van der Waals surface area contributed by atoms with Crippen LogP contribution in [0.5, 0.6) is 5.75 Å². The number of nitrogens with zero attached hydrogens (tertiary/aromatic N) is 1. The number of ether oxygens (including phenoxy) is 1. The van der Waals surface area contributed by atoms with E-state index in [2.05, 4.69) is 9.72 Å². The van der Waals surface area contributed by atoms with Gasteiger partial charge in [-0.05, 0) is 42.8 Å². The first-order valence-electron chi connectivity index (χ1n) is 5.58. The van der Waals surface area contributed by atoms with E-state index in [4.69, 9.17) is 0 Å². The molecule has 2 rings (SSSR count). The summed E-state index contributed by atoms with van der Waals surface area (Å²) in [7, 11) is 0. The van der Waals surface area contributed by atoms with E-state index in [1.807, 2.05) is 0 Å². The van der Waals surface area contributed by atoms with Gasteiger partial charge in [-0.3, -0.25) is 9.78 Å². The van der Waals surface area contributed by atoms with E-state index in [9.17, 15) is 13.6 Å². The van der Waals surface area contributed by atoms with Crippen molar-refractivity contribution in [3.05, 3.63) is 59.4 Å². The van der Waals surface area contributed by atoms with Crippen molar-refractivity contribution in [3.63, 3.8) is 0 Å². The fraction of sp³-hybridized carbons (Fsp3) is 0.143. The van der Waals surface area contributed by atoms with Gasteiger partial charge >= 0.3 is 6.61 Å². The van der Waals surface area contributed by atoms with Crippen LogP contribution in [0.15, 0.2) is 42.7 Å². The van der Waals surface area contributed by atoms with Gasteiger partial charge in [0.25, 0.3) is 0 Å². The van der Waals surface area contributed by atoms with E-state index in [1.165, 1.54) is 30.6 Å². The highest BCUT2D eigenvalue weighted by Crippen LogP contribution is 2.21. The zero-order chi connectivity index (χ0) is 13.8. The summed E-state index contributed by atoms with van der Waals surface area (Å²) in [6.07, 6.45) is 3.05. The first-order valence-corrected chi connectivity index (χ1v) is 5.58. The standard InChI is InChI=1S/C14H11F2NO2/c1-9-8-11(19-14(15)16)2-3-12(9)13(18)10-4-6-17-7-5-10/h2-8,14H,1H3. The Bertz CT molecular complexity index is 585. The molecule has 2 aromatic rings. The minimum absolute atomic E-state index is 0.0405. The van der Waals surface area contributed by atoms with Crippen LogP contribution in [0.3, 0.4) is 0 Å². The van der Waals surface area contributed by atoms with Crippen LogP contribution in [-0.4, -0.2) is 17.4 Å². The molecule has 1 heterocycles. The molecule has 0 saturated heterocycles. The Labute approximate surface area is 108 Å². The van der Waals surface area contributed by atoms with Crippen molar-refractivity contribution < 1.29 is 18.3 Å². The summed E-state index contributed by atoms with van der Waals surface area (Å²) in [6.45, 7) is -1.20. The first-order chi connectivity index (χ1) is 9.08. The highest BCUT2D eigenvalue weighted by Gasteiger charge is 2.13. The number of halogens is 2. The molecule has 0 radical (unpaired) electrons. The van der Waals surface area contributed by atoms with Crippen LogP contribution in [0, 0.1) is 6.92 Å². The van der Waals surface area contributed by atoms with Gasteiger partial charge in [0.2, 0.25) is 0 Å². The average molecular weight is 263 g/mol. The van der Waals surface area contributed by atoms with Crippen molar-refractivity contribution in [2.24, 2.45) is 0 Å². The quantitative estimate of drug-likeness (QED) is 0.795. The monoisotopic (exact) mass is 263 g/mol. The number of ketones is 1. The van der Waals surface area contributed by atoms with E-state index in [-0.39, 0.29) is 11.5 Å². The molecule has 19 heavy (non-hydrogen) atoms. The molecule has 0 aliphatic heterocycles. The lowest BCUT2D eigenvalue weighted by Crippen LogP contribution is -2.06. The third kappa shape index (κ3) is 3.13. The molecule has 0 aliphatic rings. The highest BCUT2D eigenvalue weighted by molar-refractivity contribution is 6.09. The Balaban J connectivity index is 2.29. The van der Waals surface area contributed by atoms with Gasteiger partial charge in [-0.25, -0.2) is 0 Å². The number of carbonyl (C=O) groups is 1. The Morgan fingerprint density at radius 2 is 1.89 bits per heavy atom. The van der Waals surface area contributed by atoms with Gasteiger partial charge in [-0.1, -0.05) is 0 Å². The van der Waals surface area contributed by atoms with E-state index >= 15 is 0 Å². The molecule has 0 bridgehead atoms. The minimum Gasteiger partial charge on any atom is -0.435 e. The molecule has 0 N–H and O–H groups in total. The van der Waals surface area contributed by atoms with Crippen molar-refractivity contribution in [2.75, 3.05) is 0 Å². The number of hydrogen-bond donors (Lipinski definition) is 0. The number of aryl methyl sites for hydroxylation is 1. The van der Waals surface area contributed by atoms with Gasteiger partial charge in [0, 0.05) is 23.5 Å². The zero-order valence-corrected chi connectivity index (χ0v) is 10.1. The third-order valence-corrected chi connectivity index (χ3v) is 2.61. The molecule has 1 aromatic carbocycles. The van der Waals surface area contributed by atoms with Gasteiger partial charge < -0.3 is 4.74 Å². The largest absolute Gasteiger partial charge is 0.435 e. The van der Waals surface area contributed by atoms with Crippen LogP contribution in [0.2, 0.25) is 0 Å². The van der Waals surface area contributed by atoms with Crippen molar-refractivity contribution in [1.29, 1.82) is 0 Å². The molecule has 1 aromatic heterocycles.